The summed E-state index contributed by atoms with van der Waals surface area (Å²) in [6.07, 6.45) is 0.451. The lowest BCUT2D eigenvalue weighted by molar-refractivity contribution is 0.0694. The van der Waals surface area contributed by atoms with Gasteiger partial charge in [-0.25, -0.2) is 4.79 Å². The Kier molecular flexibility index (Phi) is 4.76. The van der Waals surface area contributed by atoms with Crippen LogP contribution in [0.4, 0.5) is 0 Å². The Morgan fingerprint density at radius 1 is 1.15 bits per heavy atom. The molecule has 0 radical (unpaired) electrons. The van der Waals surface area contributed by atoms with Crippen LogP contribution >= 0.6 is 15.9 Å². The van der Waals surface area contributed by atoms with E-state index in [9.17, 15) is 9.90 Å². The summed E-state index contributed by atoms with van der Waals surface area (Å²) in [5.41, 5.74) is 0.915. The first-order valence-corrected chi connectivity index (χ1v) is 6.80. The van der Waals surface area contributed by atoms with Crippen LogP contribution in [0.3, 0.4) is 0 Å². The molecule has 2 aromatic rings. The Morgan fingerprint density at radius 2 is 1.90 bits per heavy atom. The van der Waals surface area contributed by atoms with Gasteiger partial charge < -0.3 is 14.9 Å². The first kappa shape index (κ1) is 14.6. The molecular formula is C15H13BrO4. The third-order valence-corrected chi connectivity index (χ3v) is 3.24. The summed E-state index contributed by atoms with van der Waals surface area (Å²) in [6, 6.07) is 12.0. The fourth-order valence-electron chi connectivity index (χ4n) is 1.81. The Labute approximate surface area is 124 Å². The van der Waals surface area contributed by atoms with Crippen LogP contribution in [0.1, 0.15) is 15.9 Å². The van der Waals surface area contributed by atoms with Crippen molar-refractivity contribution in [3.05, 3.63) is 58.1 Å². The highest BCUT2D eigenvalue weighted by atomic mass is 79.9. The molecule has 2 rings (SSSR count). The topological polar surface area (TPSA) is 66.8 Å². The molecule has 0 amide bonds. The monoisotopic (exact) mass is 336 g/mol. The maximum Gasteiger partial charge on any atom is 0.339 e. The summed E-state index contributed by atoms with van der Waals surface area (Å²) in [6.45, 7) is 0.00461. The number of benzene rings is 2. The van der Waals surface area contributed by atoms with Crippen molar-refractivity contribution in [1.82, 2.24) is 0 Å². The average molecular weight is 337 g/mol. The molecule has 0 heterocycles. The Balaban J connectivity index is 2.39. The van der Waals surface area contributed by atoms with E-state index in [0.29, 0.717) is 12.2 Å². The van der Waals surface area contributed by atoms with E-state index in [1.807, 2.05) is 12.1 Å². The molecule has 0 bridgehead atoms. The van der Waals surface area contributed by atoms with Gasteiger partial charge in [0.15, 0.2) is 0 Å². The molecule has 0 atom stereocenters. The van der Waals surface area contributed by atoms with Gasteiger partial charge in [-0.15, -0.1) is 0 Å². The van der Waals surface area contributed by atoms with E-state index in [-0.39, 0.29) is 17.9 Å². The second-order valence-corrected chi connectivity index (χ2v) is 5.04. The molecule has 2 aromatic carbocycles. The highest BCUT2D eigenvalue weighted by Gasteiger charge is 2.13. The highest BCUT2D eigenvalue weighted by Crippen LogP contribution is 2.30. The molecule has 0 aliphatic heterocycles. The summed E-state index contributed by atoms with van der Waals surface area (Å²) < 4.78 is 6.45. The first-order chi connectivity index (χ1) is 9.61. The lowest BCUT2D eigenvalue weighted by atomic mass is 10.1. The zero-order valence-electron chi connectivity index (χ0n) is 10.5. The molecule has 0 unspecified atom stereocenters. The van der Waals surface area contributed by atoms with Crippen molar-refractivity contribution < 1.29 is 19.7 Å². The highest BCUT2D eigenvalue weighted by molar-refractivity contribution is 9.10. The molecule has 0 aliphatic carbocycles. The zero-order valence-corrected chi connectivity index (χ0v) is 12.1. The van der Waals surface area contributed by atoms with Gasteiger partial charge in [0.25, 0.3) is 0 Å². The number of aliphatic hydroxyl groups is 1. The lowest BCUT2D eigenvalue weighted by Crippen LogP contribution is -2.01. The van der Waals surface area contributed by atoms with Gasteiger partial charge in [0.05, 0.1) is 0 Å². The fraction of sp³-hybridized carbons (Fsp3) is 0.133. The summed E-state index contributed by atoms with van der Waals surface area (Å²) >= 11 is 3.30. The van der Waals surface area contributed by atoms with E-state index < -0.39 is 5.97 Å². The molecule has 4 nitrogen and oxygen atoms in total. The van der Waals surface area contributed by atoms with E-state index in [4.69, 9.17) is 9.84 Å². The van der Waals surface area contributed by atoms with Gasteiger partial charge >= 0.3 is 5.97 Å². The minimum absolute atomic E-state index is 0.00461. The predicted octanol–water partition coefficient (Wildman–Crippen LogP) is 3.47. The maximum absolute atomic E-state index is 11.2. The van der Waals surface area contributed by atoms with Gasteiger partial charge in [0.1, 0.15) is 17.1 Å². The van der Waals surface area contributed by atoms with Crippen LogP contribution in [0, 0.1) is 0 Å². The molecule has 20 heavy (non-hydrogen) atoms. The smallest absolute Gasteiger partial charge is 0.339 e. The second kappa shape index (κ2) is 6.54. The van der Waals surface area contributed by atoms with Gasteiger partial charge in [0, 0.05) is 11.1 Å². The number of halogens is 1. The van der Waals surface area contributed by atoms with Crippen molar-refractivity contribution in [2.45, 2.75) is 6.42 Å². The number of carbonyl (C=O) groups is 1. The van der Waals surface area contributed by atoms with Gasteiger partial charge in [-0.1, -0.05) is 34.1 Å². The Morgan fingerprint density at radius 3 is 2.60 bits per heavy atom. The van der Waals surface area contributed by atoms with Gasteiger partial charge in [-0.2, -0.15) is 0 Å². The van der Waals surface area contributed by atoms with Crippen LogP contribution in [-0.2, 0) is 6.42 Å². The molecule has 0 aromatic heterocycles. The summed E-state index contributed by atoms with van der Waals surface area (Å²) in [5, 5.41) is 18.2. The lowest BCUT2D eigenvalue weighted by Gasteiger charge is -2.12. The van der Waals surface area contributed by atoms with Crippen LogP contribution in [0.25, 0.3) is 0 Å². The van der Waals surface area contributed by atoms with Crippen LogP contribution < -0.4 is 4.74 Å². The quantitative estimate of drug-likeness (QED) is 0.877. The van der Waals surface area contributed by atoms with Crippen molar-refractivity contribution in [2.75, 3.05) is 6.61 Å². The van der Waals surface area contributed by atoms with Gasteiger partial charge in [0.2, 0.25) is 0 Å². The van der Waals surface area contributed by atoms with E-state index >= 15 is 0 Å². The zero-order chi connectivity index (χ0) is 14.5. The van der Waals surface area contributed by atoms with Crippen LogP contribution in [0.5, 0.6) is 11.5 Å². The molecule has 0 saturated heterocycles. The molecule has 0 fully saturated rings. The number of aromatic carboxylic acids is 1. The van der Waals surface area contributed by atoms with Crippen LogP contribution in [-0.4, -0.2) is 22.8 Å². The average Bonchev–Trinajstić information content (AvgIpc) is 2.41. The predicted molar refractivity (Wildman–Crippen MR) is 78.4 cm³/mol. The molecule has 5 heteroatoms. The molecule has 0 spiro atoms. The standard InChI is InChI=1S/C15H13BrO4/c16-11-5-6-12(15(18)19)14(9-11)20-13-4-2-1-3-10(13)7-8-17/h1-6,9,17H,7-8H2,(H,18,19). The first-order valence-electron chi connectivity index (χ1n) is 6.01. The van der Waals surface area contributed by atoms with E-state index in [1.165, 1.54) is 6.07 Å². The molecule has 0 saturated carbocycles. The number of hydrogen-bond donors (Lipinski definition) is 2. The number of aliphatic hydroxyl groups excluding tert-OH is 1. The summed E-state index contributed by atoms with van der Waals surface area (Å²) in [5.74, 6) is -0.244. The van der Waals surface area contributed by atoms with E-state index in [2.05, 4.69) is 15.9 Å². The van der Waals surface area contributed by atoms with Crippen molar-refractivity contribution >= 4 is 21.9 Å². The largest absolute Gasteiger partial charge is 0.478 e. The molecule has 2 N–H and O–H groups in total. The van der Waals surface area contributed by atoms with Crippen molar-refractivity contribution in [1.29, 1.82) is 0 Å². The van der Waals surface area contributed by atoms with Crippen molar-refractivity contribution in [2.24, 2.45) is 0 Å². The second-order valence-electron chi connectivity index (χ2n) is 4.13. The Bertz CT molecular complexity index is 625. The van der Waals surface area contributed by atoms with E-state index in [1.54, 1.807) is 24.3 Å². The van der Waals surface area contributed by atoms with Crippen LogP contribution in [0.2, 0.25) is 0 Å². The minimum atomic E-state index is -1.05. The number of para-hydroxylation sites is 1. The fourth-order valence-corrected chi connectivity index (χ4v) is 2.15. The number of carboxylic acids is 1. The summed E-state index contributed by atoms with van der Waals surface area (Å²) in [4.78, 5) is 11.2. The Hall–Kier alpha value is -1.85. The SMILES string of the molecule is O=C(O)c1ccc(Br)cc1Oc1ccccc1CCO. The number of rotatable bonds is 5. The normalized spacial score (nSPS) is 10.3. The number of carboxylic acid groups (broad SMARTS) is 1. The minimum Gasteiger partial charge on any atom is -0.478 e. The molecular weight excluding hydrogens is 324 g/mol. The van der Waals surface area contributed by atoms with Gasteiger partial charge in [-0.05, 0) is 36.2 Å². The summed E-state index contributed by atoms with van der Waals surface area (Å²) in [7, 11) is 0. The number of ether oxygens (including phenoxy) is 1. The third kappa shape index (κ3) is 3.37. The van der Waals surface area contributed by atoms with Crippen molar-refractivity contribution in [3.8, 4) is 11.5 Å². The maximum atomic E-state index is 11.2. The van der Waals surface area contributed by atoms with Crippen molar-refractivity contribution in [3.63, 3.8) is 0 Å². The van der Waals surface area contributed by atoms with Gasteiger partial charge in [-0.3, -0.25) is 0 Å². The van der Waals surface area contributed by atoms with E-state index in [0.717, 1.165) is 10.0 Å². The molecule has 0 aliphatic rings. The number of hydrogen-bond acceptors (Lipinski definition) is 3. The van der Waals surface area contributed by atoms with Crippen LogP contribution in [0.15, 0.2) is 46.9 Å². The third-order valence-electron chi connectivity index (χ3n) is 2.75. The molecule has 104 valence electrons.